The van der Waals surface area contributed by atoms with E-state index in [1.165, 1.54) is 0 Å². The van der Waals surface area contributed by atoms with Gasteiger partial charge in [0.1, 0.15) is 18.8 Å². The molecule has 6 heteroatoms. The molecule has 1 spiro atoms. The summed E-state index contributed by atoms with van der Waals surface area (Å²) in [5.74, 6) is -0.0966. The van der Waals surface area contributed by atoms with Crippen molar-refractivity contribution in [1.82, 2.24) is 0 Å². The van der Waals surface area contributed by atoms with Crippen LogP contribution in [-0.4, -0.2) is 48.6 Å². The first-order chi connectivity index (χ1) is 14.7. The number of ether oxygens (including phenoxy) is 3. The van der Waals surface area contributed by atoms with Gasteiger partial charge in [-0.3, -0.25) is 0 Å². The quantitative estimate of drug-likeness (QED) is 0.391. The zero-order valence-electron chi connectivity index (χ0n) is 19.2. The van der Waals surface area contributed by atoms with Crippen molar-refractivity contribution in [3.63, 3.8) is 0 Å². The van der Waals surface area contributed by atoms with Crippen LogP contribution in [0.1, 0.15) is 66.2 Å². The summed E-state index contributed by atoms with van der Waals surface area (Å²) in [6, 6.07) is 0. The smallest absolute Gasteiger partial charge is 0.333 e. The summed E-state index contributed by atoms with van der Waals surface area (Å²) in [4.78, 5) is 24.0. The molecule has 1 N–H and O–H groups in total. The second-order valence-electron chi connectivity index (χ2n) is 10.4. The van der Waals surface area contributed by atoms with E-state index >= 15 is 0 Å². The normalized spacial score (nSPS) is 42.1. The molecule has 0 bridgehead atoms. The first kappa shape index (κ1) is 22.5. The summed E-state index contributed by atoms with van der Waals surface area (Å²) >= 11 is 0. The average Bonchev–Trinajstić information content (AvgIpc) is 3.40. The highest BCUT2D eigenvalue weighted by molar-refractivity contribution is 5.87. The number of rotatable bonds is 6. The third-order valence-corrected chi connectivity index (χ3v) is 9.03. The van der Waals surface area contributed by atoms with Gasteiger partial charge in [0.2, 0.25) is 0 Å². The number of carbonyl (C=O) groups is 2. The van der Waals surface area contributed by atoms with Gasteiger partial charge in [0, 0.05) is 11.6 Å². The predicted octanol–water partition coefficient (Wildman–Crippen LogP) is 3.72. The van der Waals surface area contributed by atoms with Gasteiger partial charge in [-0.15, -0.1) is 0 Å². The van der Waals surface area contributed by atoms with Crippen LogP contribution in [0.3, 0.4) is 0 Å². The fourth-order valence-electron chi connectivity index (χ4n) is 6.67. The van der Waals surface area contributed by atoms with E-state index in [2.05, 4.69) is 13.8 Å². The Morgan fingerprint density at radius 3 is 2.77 bits per heavy atom. The number of fused-ring (bicyclic) bond motifs is 2. The molecule has 4 aliphatic rings. The Bertz CT molecular complexity index is 809. The van der Waals surface area contributed by atoms with Crippen molar-refractivity contribution in [2.45, 2.75) is 77.9 Å². The Labute approximate surface area is 185 Å². The van der Waals surface area contributed by atoms with Gasteiger partial charge in [-0.1, -0.05) is 26.3 Å². The fourth-order valence-corrected chi connectivity index (χ4v) is 6.67. The third-order valence-electron chi connectivity index (χ3n) is 9.03. The van der Waals surface area contributed by atoms with Gasteiger partial charge in [0.15, 0.2) is 0 Å². The maximum atomic E-state index is 12.5. The number of hydrogen-bond donors (Lipinski definition) is 1. The zero-order valence-corrected chi connectivity index (χ0v) is 19.2. The Kier molecular flexibility index (Phi) is 5.84. The number of aliphatic hydroxyl groups is 1. The Morgan fingerprint density at radius 1 is 1.42 bits per heavy atom. The predicted molar refractivity (Wildman–Crippen MR) is 115 cm³/mol. The van der Waals surface area contributed by atoms with Crippen molar-refractivity contribution in [1.29, 1.82) is 0 Å². The Hall–Kier alpha value is -1.66. The van der Waals surface area contributed by atoms with Gasteiger partial charge in [0.25, 0.3) is 0 Å². The zero-order chi connectivity index (χ0) is 22.4. The van der Waals surface area contributed by atoms with E-state index in [4.69, 9.17) is 14.2 Å². The lowest BCUT2D eigenvalue weighted by atomic mass is 9.43. The second kappa shape index (κ2) is 8.04. The highest BCUT2D eigenvalue weighted by Crippen LogP contribution is 2.68. The van der Waals surface area contributed by atoms with Crippen LogP contribution >= 0.6 is 0 Å². The van der Waals surface area contributed by atoms with Crippen LogP contribution in [0.4, 0.5) is 0 Å². The molecule has 31 heavy (non-hydrogen) atoms. The van der Waals surface area contributed by atoms with Crippen molar-refractivity contribution in [3.05, 3.63) is 23.3 Å². The molecular formula is C25H36O6. The van der Waals surface area contributed by atoms with Crippen LogP contribution in [0, 0.1) is 22.7 Å². The maximum absolute atomic E-state index is 12.5. The summed E-state index contributed by atoms with van der Waals surface area (Å²) < 4.78 is 17.0. The molecular weight excluding hydrogens is 396 g/mol. The first-order valence-corrected chi connectivity index (χ1v) is 11.7. The standard InChI is InChI=1S/C25H36O6/c1-5-16(2)22(28)30-15-25-19(7-6-9-24(25)14-31-24)23(4,17(3)11-20(25)26)10-8-18-12-21(27)29-13-18/h5,12,17,19-20,26H,6-11,13-15H2,1-4H3/b16-5+/t17-,19-,20+,23+,24+,25+/m1/s1. The Balaban J connectivity index is 1.64. The lowest BCUT2D eigenvalue weighted by molar-refractivity contribution is -0.217. The van der Waals surface area contributed by atoms with Gasteiger partial charge in [0.05, 0.1) is 18.1 Å². The average molecular weight is 433 g/mol. The number of aliphatic hydroxyl groups excluding tert-OH is 1. The maximum Gasteiger partial charge on any atom is 0.333 e. The van der Waals surface area contributed by atoms with Crippen LogP contribution in [0.2, 0.25) is 0 Å². The summed E-state index contributed by atoms with van der Waals surface area (Å²) in [5, 5.41) is 11.5. The van der Waals surface area contributed by atoms with E-state index in [0.29, 0.717) is 31.1 Å². The molecule has 0 radical (unpaired) electrons. The van der Waals surface area contributed by atoms with Crippen LogP contribution in [0.5, 0.6) is 0 Å². The van der Waals surface area contributed by atoms with E-state index in [-0.39, 0.29) is 29.9 Å². The molecule has 2 saturated carbocycles. The fraction of sp³-hybridized carbons (Fsp3) is 0.760. The minimum absolute atomic E-state index is 0.0624. The summed E-state index contributed by atoms with van der Waals surface area (Å²) in [6.45, 7) is 9.32. The van der Waals surface area contributed by atoms with Gasteiger partial charge in [-0.25, -0.2) is 9.59 Å². The number of allylic oxidation sites excluding steroid dienone is 1. The van der Waals surface area contributed by atoms with E-state index in [9.17, 15) is 14.7 Å². The summed E-state index contributed by atoms with van der Waals surface area (Å²) in [7, 11) is 0. The van der Waals surface area contributed by atoms with Crippen molar-refractivity contribution < 1.29 is 28.9 Å². The number of hydrogen-bond acceptors (Lipinski definition) is 6. The minimum atomic E-state index is -0.591. The molecule has 2 heterocycles. The molecule has 4 rings (SSSR count). The molecule has 172 valence electrons. The van der Waals surface area contributed by atoms with E-state index in [1.54, 1.807) is 19.1 Å². The molecule has 2 aliphatic heterocycles. The minimum Gasteiger partial charge on any atom is -0.462 e. The van der Waals surface area contributed by atoms with E-state index < -0.39 is 17.1 Å². The van der Waals surface area contributed by atoms with Gasteiger partial charge < -0.3 is 19.3 Å². The molecule has 1 saturated heterocycles. The molecule has 0 aromatic heterocycles. The van der Waals surface area contributed by atoms with E-state index in [1.807, 2.05) is 6.92 Å². The molecule has 0 unspecified atom stereocenters. The largest absolute Gasteiger partial charge is 0.462 e. The van der Waals surface area contributed by atoms with Crippen LogP contribution in [-0.2, 0) is 23.8 Å². The van der Waals surface area contributed by atoms with Gasteiger partial charge >= 0.3 is 11.9 Å². The van der Waals surface area contributed by atoms with Gasteiger partial charge in [-0.05, 0) is 68.8 Å². The van der Waals surface area contributed by atoms with Crippen LogP contribution in [0.15, 0.2) is 23.3 Å². The number of cyclic esters (lactones) is 1. The van der Waals surface area contributed by atoms with Crippen molar-refractivity contribution in [2.75, 3.05) is 19.8 Å². The molecule has 0 amide bonds. The molecule has 3 fully saturated rings. The van der Waals surface area contributed by atoms with E-state index in [0.717, 1.165) is 37.7 Å². The molecule has 6 nitrogen and oxygen atoms in total. The number of epoxide rings is 1. The highest BCUT2D eigenvalue weighted by Gasteiger charge is 2.73. The third kappa shape index (κ3) is 3.56. The van der Waals surface area contributed by atoms with Gasteiger partial charge in [-0.2, -0.15) is 0 Å². The number of esters is 2. The van der Waals surface area contributed by atoms with Crippen LogP contribution < -0.4 is 0 Å². The van der Waals surface area contributed by atoms with Crippen molar-refractivity contribution in [2.24, 2.45) is 22.7 Å². The monoisotopic (exact) mass is 432 g/mol. The highest BCUT2D eigenvalue weighted by atomic mass is 16.6. The Morgan fingerprint density at radius 2 is 2.16 bits per heavy atom. The second-order valence-corrected chi connectivity index (χ2v) is 10.4. The lowest BCUT2D eigenvalue weighted by Crippen LogP contribution is -2.66. The number of carbonyl (C=O) groups excluding carboxylic acids is 2. The molecule has 2 aliphatic carbocycles. The van der Waals surface area contributed by atoms with Crippen molar-refractivity contribution >= 4 is 11.9 Å². The topological polar surface area (TPSA) is 85.4 Å². The summed E-state index contributed by atoms with van der Waals surface area (Å²) in [5.41, 5.74) is 0.568. The lowest BCUT2D eigenvalue weighted by Gasteiger charge is -2.62. The summed E-state index contributed by atoms with van der Waals surface area (Å²) in [6.07, 6.45) is 8.11. The van der Waals surface area contributed by atoms with Crippen molar-refractivity contribution in [3.8, 4) is 0 Å². The van der Waals surface area contributed by atoms with Crippen LogP contribution in [0.25, 0.3) is 0 Å². The first-order valence-electron chi connectivity index (χ1n) is 11.7. The molecule has 0 aromatic carbocycles. The SMILES string of the molecule is C/C=C(\C)C(=O)OC[C@@]12[C@H](CCC[C@]13CO3)[C@@](C)(CCC1=CC(=O)OC1)[C@H](C)C[C@@H]2O. The molecule has 0 aromatic rings. The molecule has 6 atom stereocenters.